The molecule has 0 saturated carbocycles. The van der Waals surface area contributed by atoms with E-state index in [4.69, 9.17) is 0 Å². The normalized spacial score (nSPS) is 22.4. The van der Waals surface area contributed by atoms with Gasteiger partial charge in [-0.2, -0.15) is 0 Å². The Bertz CT molecular complexity index is 1110. The number of ketones is 1. The summed E-state index contributed by atoms with van der Waals surface area (Å²) in [4.78, 5) is 41.0. The fourth-order valence-corrected chi connectivity index (χ4v) is 5.59. The molecule has 2 heterocycles. The fraction of sp³-hybridized carbons (Fsp3) is 0.483. The first-order valence-corrected chi connectivity index (χ1v) is 13.2. The van der Waals surface area contributed by atoms with Crippen molar-refractivity contribution in [2.24, 2.45) is 11.8 Å². The lowest BCUT2D eigenvalue weighted by Crippen LogP contribution is -2.57. The van der Waals surface area contributed by atoms with Crippen molar-refractivity contribution in [2.75, 3.05) is 38.0 Å². The van der Waals surface area contributed by atoms with Gasteiger partial charge in [0.05, 0.1) is 6.04 Å². The van der Waals surface area contributed by atoms with E-state index in [1.54, 1.807) is 36.1 Å². The number of carbonyl (C=O) groups excluding carboxylic acids is 3. The average molecular weight is 509 g/mol. The molecule has 3 amide bonds. The molecule has 2 fully saturated rings. The van der Waals surface area contributed by atoms with Crippen LogP contribution in [0.2, 0.25) is 0 Å². The van der Waals surface area contributed by atoms with Crippen LogP contribution < -0.4 is 10.6 Å². The molecule has 0 bridgehead atoms. The highest BCUT2D eigenvalue weighted by atomic mass is 19.1. The van der Waals surface area contributed by atoms with Crippen LogP contribution >= 0.6 is 0 Å². The highest BCUT2D eigenvalue weighted by Gasteiger charge is 2.34. The number of amides is 3. The molecule has 2 aromatic carbocycles. The predicted octanol–water partition coefficient (Wildman–Crippen LogP) is 4.34. The summed E-state index contributed by atoms with van der Waals surface area (Å²) in [7, 11) is 0. The van der Waals surface area contributed by atoms with Crippen LogP contribution in [-0.2, 0) is 11.2 Å². The maximum absolute atomic E-state index is 13.3. The van der Waals surface area contributed by atoms with E-state index >= 15 is 0 Å². The van der Waals surface area contributed by atoms with Crippen LogP contribution in [0.1, 0.15) is 49.0 Å². The van der Waals surface area contributed by atoms with Crippen LogP contribution in [-0.4, -0.2) is 66.3 Å². The van der Waals surface area contributed by atoms with Crippen LogP contribution in [0, 0.1) is 17.7 Å². The predicted molar refractivity (Wildman–Crippen MR) is 142 cm³/mol. The van der Waals surface area contributed by atoms with Gasteiger partial charge in [-0.05, 0) is 80.8 Å². The molecule has 0 aromatic heterocycles. The quantitative estimate of drug-likeness (QED) is 0.545. The number of benzene rings is 2. The second-order valence-electron chi connectivity index (χ2n) is 10.5. The highest BCUT2D eigenvalue weighted by molar-refractivity contribution is 5.96. The van der Waals surface area contributed by atoms with Crippen LogP contribution in [0.3, 0.4) is 0 Å². The second kappa shape index (κ2) is 12.3. The lowest BCUT2D eigenvalue weighted by molar-refractivity contribution is -0.130. The van der Waals surface area contributed by atoms with Crippen molar-refractivity contribution < 1.29 is 18.8 Å². The lowest BCUT2D eigenvalue weighted by atomic mass is 9.87. The maximum atomic E-state index is 13.3. The summed E-state index contributed by atoms with van der Waals surface area (Å²) >= 11 is 0. The molecule has 3 atom stereocenters. The number of anilines is 1. The molecular weight excluding hydrogens is 471 g/mol. The smallest absolute Gasteiger partial charge is 0.319 e. The van der Waals surface area contributed by atoms with Gasteiger partial charge in [0.25, 0.3) is 0 Å². The second-order valence-corrected chi connectivity index (χ2v) is 10.5. The van der Waals surface area contributed by atoms with Crippen LogP contribution in [0.25, 0.3) is 0 Å². The van der Waals surface area contributed by atoms with E-state index in [1.165, 1.54) is 19.1 Å². The molecule has 2 N–H and O–H groups in total. The topological polar surface area (TPSA) is 81.8 Å². The largest absolute Gasteiger partial charge is 0.341 e. The Balaban J connectivity index is 1.37. The zero-order chi connectivity index (χ0) is 26.4. The van der Waals surface area contributed by atoms with Crippen molar-refractivity contribution >= 4 is 23.4 Å². The van der Waals surface area contributed by atoms with Gasteiger partial charge in [0.2, 0.25) is 5.91 Å². The molecule has 2 saturated heterocycles. The Labute approximate surface area is 218 Å². The van der Waals surface area contributed by atoms with Crippen LogP contribution in [0.4, 0.5) is 14.9 Å². The van der Waals surface area contributed by atoms with Gasteiger partial charge < -0.3 is 20.4 Å². The monoisotopic (exact) mass is 508 g/mol. The van der Waals surface area contributed by atoms with Gasteiger partial charge in [-0.3, -0.25) is 9.59 Å². The van der Waals surface area contributed by atoms with E-state index in [0.29, 0.717) is 30.3 Å². The SMILES string of the molecule is CC(=O)c1cccc(NC(=O)N[C@H]2CN(C(C)=O)CC[C@H]2CN2CCC[C@@H](Cc3ccc(F)cc3)C2)c1. The summed E-state index contributed by atoms with van der Waals surface area (Å²) in [6.45, 7) is 7.07. The summed E-state index contributed by atoms with van der Waals surface area (Å²) < 4.78 is 13.3. The average Bonchev–Trinajstić information content (AvgIpc) is 2.86. The summed E-state index contributed by atoms with van der Waals surface area (Å²) in [6.07, 6.45) is 4.02. The van der Waals surface area contributed by atoms with E-state index in [1.807, 2.05) is 12.1 Å². The van der Waals surface area contributed by atoms with E-state index in [-0.39, 0.29) is 35.5 Å². The molecule has 8 heteroatoms. The number of nitrogens with zero attached hydrogens (tertiary/aromatic N) is 2. The van der Waals surface area contributed by atoms with Gasteiger partial charge in [0, 0.05) is 44.4 Å². The first kappa shape index (κ1) is 26.8. The van der Waals surface area contributed by atoms with Crippen molar-refractivity contribution in [3.8, 4) is 0 Å². The molecule has 7 nitrogen and oxygen atoms in total. The number of urea groups is 1. The molecule has 0 radical (unpaired) electrons. The van der Waals surface area contributed by atoms with E-state index in [2.05, 4.69) is 15.5 Å². The van der Waals surface area contributed by atoms with Crippen molar-refractivity contribution in [2.45, 2.75) is 45.6 Å². The first-order valence-electron chi connectivity index (χ1n) is 13.2. The van der Waals surface area contributed by atoms with Gasteiger partial charge in [-0.1, -0.05) is 24.3 Å². The lowest BCUT2D eigenvalue weighted by Gasteiger charge is -2.42. The number of piperidine rings is 2. The number of hydrogen-bond acceptors (Lipinski definition) is 4. The number of likely N-dealkylation sites (tertiary alicyclic amines) is 2. The third kappa shape index (κ3) is 7.61. The van der Waals surface area contributed by atoms with Crippen molar-refractivity contribution in [3.63, 3.8) is 0 Å². The standard InChI is InChI=1S/C29H37FN4O3/c1-20(35)24-6-3-7-27(16-24)31-29(37)32-28-19-34(21(2)36)14-12-25(28)18-33-13-4-5-23(17-33)15-22-8-10-26(30)11-9-22/h3,6-11,16,23,25,28H,4-5,12-15,17-19H2,1-2H3,(H2,31,32,37)/t23-,25-,28-/m0/s1. The molecule has 2 aromatic rings. The van der Waals surface area contributed by atoms with Gasteiger partial charge in [-0.25, -0.2) is 9.18 Å². The molecule has 37 heavy (non-hydrogen) atoms. The fourth-order valence-electron chi connectivity index (χ4n) is 5.59. The summed E-state index contributed by atoms with van der Waals surface area (Å²) in [5.41, 5.74) is 2.25. The molecule has 0 aliphatic carbocycles. The highest BCUT2D eigenvalue weighted by Crippen LogP contribution is 2.25. The number of hydrogen-bond donors (Lipinski definition) is 2. The van der Waals surface area contributed by atoms with Gasteiger partial charge in [0.15, 0.2) is 5.78 Å². The summed E-state index contributed by atoms with van der Waals surface area (Å²) in [5.74, 6) is 0.472. The number of carbonyl (C=O) groups is 3. The molecule has 0 spiro atoms. The Kier molecular flexibility index (Phi) is 8.92. The molecule has 0 unspecified atom stereocenters. The van der Waals surface area contributed by atoms with Crippen molar-refractivity contribution in [1.82, 2.24) is 15.1 Å². The summed E-state index contributed by atoms with van der Waals surface area (Å²) in [5, 5.41) is 5.95. The Morgan fingerprint density at radius 1 is 1.00 bits per heavy atom. The maximum Gasteiger partial charge on any atom is 0.319 e. The van der Waals surface area contributed by atoms with Crippen LogP contribution in [0.5, 0.6) is 0 Å². The Hall–Kier alpha value is -3.26. The summed E-state index contributed by atoms with van der Waals surface area (Å²) in [6, 6.07) is 13.2. The zero-order valence-corrected chi connectivity index (χ0v) is 21.7. The molecule has 2 aliphatic rings. The first-order chi connectivity index (χ1) is 17.8. The minimum absolute atomic E-state index is 0.0113. The molecular formula is C29H37FN4O3. The van der Waals surface area contributed by atoms with E-state index in [0.717, 1.165) is 50.9 Å². The van der Waals surface area contributed by atoms with Gasteiger partial charge in [0.1, 0.15) is 5.82 Å². The van der Waals surface area contributed by atoms with Gasteiger partial charge in [-0.15, -0.1) is 0 Å². The number of nitrogens with one attached hydrogen (secondary N) is 2. The minimum atomic E-state index is -0.339. The third-order valence-corrected chi connectivity index (χ3v) is 7.58. The molecule has 2 aliphatic heterocycles. The molecule has 198 valence electrons. The minimum Gasteiger partial charge on any atom is -0.341 e. The van der Waals surface area contributed by atoms with Crippen molar-refractivity contribution in [3.05, 3.63) is 65.5 Å². The van der Waals surface area contributed by atoms with Crippen LogP contribution in [0.15, 0.2) is 48.5 Å². The van der Waals surface area contributed by atoms with Crippen molar-refractivity contribution in [1.29, 1.82) is 0 Å². The Morgan fingerprint density at radius 3 is 2.51 bits per heavy atom. The zero-order valence-electron chi connectivity index (χ0n) is 21.7. The van der Waals surface area contributed by atoms with E-state index in [9.17, 15) is 18.8 Å². The van der Waals surface area contributed by atoms with Gasteiger partial charge >= 0.3 is 6.03 Å². The van der Waals surface area contributed by atoms with E-state index < -0.39 is 0 Å². The third-order valence-electron chi connectivity index (χ3n) is 7.58. The number of rotatable bonds is 7. The Morgan fingerprint density at radius 2 is 1.78 bits per heavy atom. The molecule has 4 rings (SSSR count). The number of Topliss-reactive ketones (excluding diaryl/α,β-unsaturated/α-hetero) is 1. The number of halogens is 1.